The van der Waals surface area contributed by atoms with Crippen LogP contribution in [0.5, 0.6) is 0 Å². The van der Waals surface area contributed by atoms with Gasteiger partial charge in [-0.3, -0.25) is 0 Å². The number of carbonyl (C=O) groups is 1. The number of nitrogens with one attached hydrogen (secondary N) is 1. The van der Waals surface area contributed by atoms with Gasteiger partial charge < -0.3 is 10.1 Å². The van der Waals surface area contributed by atoms with Gasteiger partial charge in [-0.2, -0.15) is 0 Å². The standard InChI is InChI=1S/C18H31NO2/c1-6-13-19-16(14-11-9-8-10-12-14)15(7-2)17(20)21-18(3,4)5/h6-7,14,16,19H,1,8-13H2,2-5H3/b15-7+. The highest BCUT2D eigenvalue weighted by Crippen LogP contribution is 2.30. The van der Waals surface area contributed by atoms with E-state index in [4.69, 9.17) is 4.74 Å². The van der Waals surface area contributed by atoms with Crippen LogP contribution in [0.4, 0.5) is 0 Å². The number of allylic oxidation sites excluding steroid dienone is 1. The molecule has 1 aliphatic carbocycles. The second-order valence-corrected chi connectivity index (χ2v) is 6.82. The van der Waals surface area contributed by atoms with Gasteiger partial charge in [-0.1, -0.05) is 31.4 Å². The minimum absolute atomic E-state index is 0.0724. The molecular weight excluding hydrogens is 262 g/mol. The zero-order chi connectivity index (χ0) is 15.9. The summed E-state index contributed by atoms with van der Waals surface area (Å²) in [6, 6.07) is 0.0724. The minimum Gasteiger partial charge on any atom is -0.457 e. The first-order valence-corrected chi connectivity index (χ1v) is 8.13. The van der Waals surface area contributed by atoms with Crippen LogP contribution in [0, 0.1) is 5.92 Å². The molecule has 1 N–H and O–H groups in total. The van der Waals surface area contributed by atoms with Crippen LogP contribution in [0.1, 0.15) is 59.8 Å². The Balaban J connectivity index is 2.86. The zero-order valence-corrected chi connectivity index (χ0v) is 14.1. The predicted molar refractivity (Wildman–Crippen MR) is 88.2 cm³/mol. The highest BCUT2D eigenvalue weighted by atomic mass is 16.6. The lowest BCUT2D eigenvalue weighted by molar-refractivity contribution is -0.150. The summed E-state index contributed by atoms with van der Waals surface area (Å²) in [5, 5.41) is 3.47. The van der Waals surface area contributed by atoms with Crippen molar-refractivity contribution in [3.8, 4) is 0 Å². The Bertz CT molecular complexity index is 373. The Morgan fingerprint density at radius 2 is 1.95 bits per heavy atom. The molecule has 0 heterocycles. The maximum atomic E-state index is 12.5. The van der Waals surface area contributed by atoms with E-state index in [-0.39, 0.29) is 12.0 Å². The van der Waals surface area contributed by atoms with Crippen molar-refractivity contribution in [3.05, 3.63) is 24.3 Å². The molecule has 0 bridgehead atoms. The van der Waals surface area contributed by atoms with Crippen LogP contribution in [-0.2, 0) is 9.53 Å². The predicted octanol–water partition coefficient (Wildman–Crippen LogP) is 4.00. The molecule has 1 rings (SSSR count). The number of ether oxygens (including phenoxy) is 1. The van der Waals surface area contributed by atoms with Crippen molar-refractivity contribution in [2.75, 3.05) is 6.54 Å². The van der Waals surface area contributed by atoms with Gasteiger partial charge in [0.2, 0.25) is 0 Å². The lowest BCUT2D eigenvalue weighted by Crippen LogP contribution is -2.42. The third kappa shape index (κ3) is 6.04. The van der Waals surface area contributed by atoms with Crippen LogP contribution in [0.3, 0.4) is 0 Å². The van der Waals surface area contributed by atoms with Gasteiger partial charge in [-0.15, -0.1) is 6.58 Å². The fraction of sp³-hybridized carbons (Fsp3) is 0.722. The summed E-state index contributed by atoms with van der Waals surface area (Å²) in [5.41, 5.74) is 0.305. The first kappa shape index (κ1) is 18.0. The third-order valence-corrected chi connectivity index (χ3v) is 3.88. The smallest absolute Gasteiger partial charge is 0.335 e. The summed E-state index contributed by atoms with van der Waals surface area (Å²) in [5.74, 6) is 0.314. The largest absolute Gasteiger partial charge is 0.457 e. The molecule has 1 unspecified atom stereocenters. The first-order chi connectivity index (χ1) is 9.89. The quantitative estimate of drug-likeness (QED) is 0.457. The minimum atomic E-state index is -0.457. The number of esters is 1. The molecule has 0 aliphatic heterocycles. The number of hydrogen-bond acceptors (Lipinski definition) is 3. The molecule has 1 aliphatic rings. The highest BCUT2D eigenvalue weighted by Gasteiger charge is 2.31. The molecule has 3 nitrogen and oxygen atoms in total. The van der Waals surface area contributed by atoms with Crippen molar-refractivity contribution in [1.29, 1.82) is 0 Å². The van der Waals surface area contributed by atoms with E-state index in [1.165, 1.54) is 32.1 Å². The van der Waals surface area contributed by atoms with E-state index in [9.17, 15) is 4.79 Å². The van der Waals surface area contributed by atoms with Crippen molar-refractivity contribution in [2.45, 2.75) is 71.4 Å². The third-order valence-electron chi connectivity index (χ3n) is 3.88. The van der Waals surface area contributed by atoms with Gasteiger partial charge in [0.05, 0.1) is 5.57 Å². The lowest BCUT2D eigenvalue weighted by Gasteiger charge is -2.33. The molecule has 21 heavy (non-hydrogen) atoms. The van der Waals surface area contributed by atoms with Crippen molar-refractivity contribution < 1.29 is 9.53 Å². The summed E-state index contributed by atoms with van der Waals surface area (Å²) in [6.07, 6.45) is 9.91. The average molecular weight is 293 g/mol. The maximum absolute atomic E-state index is 12.5. The van der Waals surface area contributed by atoms with Gasteiger partial charge in [-0.05, 0) is 46.5 Å². The molecule has 0 aromatic heterocycles. The zero-order valence-electron chi connectivity index (χ0n) is 14.1. The molecule has 1 atom stereocenters. The summed E-state index contributed by atoms with van der Waals surface area (Å²) >= 11 is 0. The summed E-state index contributed by atoms with van der Waals surface area (Å²) in [7, 11) is 0. The van der Waals surface area contributed by atoms with Crippen LogP contribution in [0.15, 0.2) is 24.3 Å². The van der Waals surface area contributed by atoms with Crippen molar-refractivity contribution in [1.82, 2.24) is 5.32 Å². The van der Waals surface area contributed by atoms with Crippen LogP contribution < -0.4 is 5.32 Å². The SMILES string of the molecule is C=CCNC(/C(=C\C)C(=O)OC(C)(C)C)C1CCCCC1. The van der Waals surface area contributed by atoms with E-state index in [0.29, 0.717) is 12.5 Å². The second kappa shape index (κ2) is 8.38. The van der Waals surface area contributed by atoms with Gasteiger partial charge in [0, 0.05) is 12.6 Å². The molecule has 120 valence electrons. The molecule has 1 fully saturated rings. The monoisotopic (exact) mass is 293 g/mol. The fourth-order valence-electron chi connectivity index (χ4n) is 2.97. The van der Waals surface area contributed by atoms with Gasteiger partial charge in [0.25, 0.3) is 0 Å². The molecule has 0 radical (unpaired) electrons. The van der Waals surface area contributed by atoms with Crippen LogP contribution in [0.25, 0.3) is 0 Å². The Morgan fingerprint density at radius 3 is 2.43 bits per heavy atom. The Hall–Kier alpha value is -1.09. The van der Waals surface area contributed by atoms with E-state index in [0.717, 1.165) is 5.57 Å². The Morgan fingerprint density at radius 1 is 1.33 bits per heavy atom. The van der Waals surface area contributed by atoms with E-state index < -0.39 is 5.60 Å². The van der Waals surface area contributed by atoms with E-state index >= 15 is 0 Å². The molecule has 0 saturated heterocycles. The van der Waals surface area contributed by atoms with E-state index in [1.54, 1.807) is 0 Å². The van der Waals surface area contributed by atoms with E-state index in [2.05, 4.69) is 11.9 Å². The molecule has 1 saturated carbocycles. The summed E-state index contributed by atoms with van der Waals surface area (Å²) in [6.45, 7) is 12.1. The Labute approximate surface area is 129 Å². The summed E-state index contributed by atoms with van der Waals surface area (Å²) in [4.78, 5) is 12.5. The van der Waals surface area contributed by atoms with Crippen molar-refractivity contribution in [3.63, 3.8) is 0 Å². The van der Waals surface area contributed by atoms with Crippen molar-refractivity contribution in [2.24, 2.45) is 5.92 Å². The van der Waals surface area contributed by atoms with Crippen LogP contribution in [-0.4, -0.2) is 24.2 Å². The molecule has 0 aromatic carbocycles. The van der Waals surface area contributed by atoms with Gasteiger partial charge in [0.15, 0.2) is 0 Å². The molecule has 0 aromatic rings. The van der Waals surface area contributed by atoms with E-state index in [1.807, 2.05) is 39.8 Å². The van der Waals surface area contributed by atoms with Crippen LogP contribution >= 0.6 is 0 Å². The first-order valence-electron chi connectivity index (χ1n) is 8.13. The van der Waals surface area contributed by atoms with Gasteiger partial charge in [-0.25, -0.2) is 4.79 Å². The number of carbonyl (C=O) groups excluding carboxylic acids is 1. The second-order valence-electron chi connectivity index (χ2n) is 6.82. The topological polar surface area (TPSA) is 38.3 Å². The number of rotatable bonds is 6. The maximum Gasteiger partial charge on any atom is 0.335 e. The molecular formula is C18H31NO2. The molecule has 0 amide bonds. The number of hydrogen-bond donors (Lipinski definition) is 1. The molecule has 3 heteroatoms. The van der Waals surface area contributed by atoms with Crippen LogP contribution in [0.2, 0.25) is 0 Å². The average Bonchev–Trinajstić information content (AvgIpc) is 2.42. The molecule has 0 spiro atoms. The van der Waals surface area contributed by atoms with Crippen molar-refractivity contribution >= 4 is 5.97 Å². The lowest BCUT2D eigenvalue weighted by atomic mass is 9.80. The van der Waals surface area contributed by atoms with Gasteiger partial charge in [0.1, 0.15) is 5.60 Å². The normalized spacial score (nSPS) is 19.1. The fourth-order valence-corrected chi connectivity index (χ4v) is 2.97. The summed E-state index contributed by atoms with van der Waals surface area (Å²) < 4.78 is 5.57. The Kier molecular flexibility index (Phi) is 7.16. The van der Waals surface area contributed by atoms with Gasteiger partial charge >= 0.3 is 5.97 Å². The highest BCUT2D eigenvalue weighted by molar-refractivity contribution is 5.90.